The lowest BCUT2D eigenvalue weighted by atomic mass is 9.95. The normalized spacial score (nSPS) is 17.0. The van der Waals surface area contributed by atoms with E-state index in [1.54, 1.807) is 30.3 Å². The zero-order chi connectivity index (χ0) is 18.1. The molecule has 0 spiro atoms. The second kappa shape index (κ2) is 6.37. The van der Waals surface area contributed by atoms with Crippen LogP contribution in [0.3, 0.4) is 0 Å². The third kappa shape index (κ3) is 2.50. The second-order valence-electron chi connectivity index (χ2n) is 5.89. The van der Waals surface area contributed by atoms with Gasteiger partial charge in [0.2, 0.25) is 5.78 Å². The highest BCUT2D eigenvalue weighted by Crippen LogP contribution is 2.41. The summed E-state index contributed by atoms with van der Waals surface area (Å²) in [6.07, 6.45) is 1.38. The molecule has 1 aliphatic heterocycles. The number of Topliss-reactive ketones (excluding diaryl/α,β-unsaturated/α-hetero) is 1. The van der Waals surface area contributed by atoms with Gasteiger partial charge in [0.05, 0.1) is 17.9 Å². The van der Waals surface area contributed by atoms with E-state index in [0.29, 0.717) is 5.69 Å². The summed E-state index contributed by atoms with van der Waals surface area (Å²) in [5.41, 5.74) is 1.34. The van der Waals surface area contributed by atoms with Crippen molar-refractivity contribution in [2.24, 2.45) is 0 Å². The Hall–Kier alpha value is -3.60. The summed E-state index contributed by atoms with van der Waals surface area (Å²) >= 11 is 0. The fourth-order valence-corrected chi connectivity index (χ4v) is 3.18. The van der Waals surface area contributed by atoms with E-state index in [1.165, 1.54) is 17.2 Å². The number of rotatable bonds is 4. The summed E-state index contributed by atoms with van der Waals surface area (Å²) in [6.45, 7) is 0. The average Bonchev–Trinajstić information content (AvgIpc) is 3.31. The van der Waals surface area contributed by atoms with Crippen LogP contribution in [0.5, 0.6) is 0 Å². The lowest BCUT2D eigenvalue weighted by molar-refractivity contribution is -0.117. The Morgan fingerprint density at radius 2 is 1.58 bits per heavy atom. The predicted octanol–water partition coefficient (Wildman–Crippen LogP) is 4.06. The molecule has 1 aliphatic rings. The summed E-state index contributed by atoms with van der Waals surface area (Å²) < 4.78 is 5.19. The van der Waals surface area contributed by atoms with Gasteiger partial charge < -0.3 is 9.52 Å². The van der Waals surface area contributed by atoms with Crippen LogP contribution in [0.25, 0.3) is 0 Å². The van der Waals surface area contributed by atoms with Gasteiger partial charge in [-0.2, -0.15) is 0 Å². The van der Waals surface area contributed by atoms with Crippen LogP contribution in [0.4, 0.5) is 5.69 Å². The van der Waals surface area contributed by atoms with Gasteiger partial charge in [0, 0.05) is 5.69 Å². The number of furan rings is 1. The van der Waals surface area contributed by atoms with Gasteiger partial charge in [0.1, 0.15) is 0 Å². The average molecular weight is 345 g/mol. The van der Waals surface area contributed by atoms with E-state index >= 15 is 0 Å². The lowest BCUT2D eigenvalue weighted by Crippen LogP contribution is -2.30. The Kier molecular flexibility index (Phi) is 3.89. The molecular weight excluding hydrogens is 330 g/mol. The summed E-state index contributed by atoms with van der Waals surface area (Å²) in [7, 11) is 0. The monoisotopic (exact) mass is 345 g/mol. The number of carbonyl (C=O) groups is 2. The van der Waals surface area contributed by atoms with Crippen molar-refractivity contribution >= 4 is 17.4 Å². The zero-order valence-corrected chi connectivity index (χ0v) is 13.7. The molecule has 2 heterocycles. The molecule has 1 aromatic heterocycles. The lowest BCUT2D eigenvalue weighted by Gasteiger charge is -2.26. The highest BCUT2D eigenvalue weighted by molar-refractivity contribution is 6.20. The van der Waals surface area contributed by atoms with E-state index in [4.69, 9.17) is 4.42 Å². The molecule has 0 aliphatic carbocycles. The molecule has 5 nitrogen and oxygen atoms in total. The minimum Gasteiger partial charge on any atom is -0.503 e. The summed E-state index contributed by atoms with van der Waals surface area (Å²) in [5.74, 6) is -1.59. The first-order valence-electron chi connectivity index (χ1n) is 8.13. The van der Waals surface area contributed by atoms with E-state index in [9.17, 15) is 14.7 Å². The molecule has 1 unspecified atom stereocenters. The molecule has 0 saturated carbocycles. The van der Waals surface area contributed by atoms with Crippen LogP contribution in [0.2, 0.25) is 0 Å². The molecule has 0 radical (unpaired) electrons. The molecule has 0 saturated heterocycles. The number of para-hydroxylation sites is 1. The Balaban J connectivity index is 1.88. The number of ketones is 1. The van der Waals surface area contributed by atoms with Gasteiger partial charge in [0.15, 0.2) is 11.5 Å². The largest absolute Gasteiger partial charge is 0.503 e. The Labute approximate surface area is 149 Å². The minimum absolute atomic E-state index is 0.0139. The van der Waals surface area contributed by atoms with Crippen molar-refractivity contribution in [2.45, 2.75) is 6.04 Å². The number of anilines is 1. The maximum atomic E-state index is 12.9. The third-order valence-electron chi connectivity index (χ3n) is 4.35. The number of benzene rings is 2. The van der Waals surface area contributed by atoms with Gasteiger partial charge in [-0.05, 0) is 29.8 Å². The van der Waals surface area contributed by atoms with Gasteiger partial charge in [0.25, 0.3) is 5.91 Å². The molecule has 0 fully saturated rings. The van der Waals surface area contributed by atoms with Crippen molar-refractivity contribution in [3.8, 4) is 0 Å². The first-order valence-corrected chi connectivity index (χ1v) is 8.13. The number of hydrogen-bond donors (Lipinski definition) is 1. The topological polar surface area (TPSA) is 70.8 Å². The fraction of sp³-hybridized carbons (Fsp3) is 0.0476. The van der Waals surface area contributed by atoms with Crippen molar-refractivity contribution in [1.82, 2.24) is 0 Å². The van der Waals surface area contributed by atoms with Crippen molar-refractivity contribution in [3.63, 3.8) is 0 Å². The van der Waals surface area contributed by atoms with E-state index in [2.05, 4.69) is 0 Å². The van der Waals surface area contributed by atoms with Crippen molar-refractivity contribution in [2.75, 3.05) is 4.90 Å². The summed E-state index contributed by atoms with van der Waals surface area (Å²) in [6, 6.07) is 20.5. The quantitative estimate of drug-likeness (QED) is 0.724. The number of hydrogen-bond acceptors (Lipinski definition) is 4. The third-order valence-corrected chi connectivity index (χ3v) is 4.35. The summed E-state index contributed by atoms with van der Waals surface area (Å²) in [5, 5.41) is 10.5. The highest BCUT2D eigenvalue weighted by atomic mass is 16.3. The number of amides is 1. The number of aliphatic hydroxyl groups is 1. The predicted molar refractivity (Wildman–Crippen MR) is 95.8 cm³/mol. The number of nitrogens with zero attached hydrogens (tertiary/aromatic N) is 1. The zero-order valence-electron chi connectivity index (χ0n) is 13.7. The molecule has 1 atom stereocenters. The Morgan fingerprint density at radius 1 is 0.923 bits per heavy atom. The first kappa shape index (κ1) is 15.9. The van der Waals surface area contributed by atoms with E-state index in [1.807, 2.05) is 36.4 Å². The molecule has 1 N–H and O–H groups in total. The van der Waals surface area contributed by atoms with Crippen LogP contribution >= 0.6 is 0 Å². The smallest absolute Gasteiger partial charge is 0.294 e. The molecule has 128 valence electrons. The maximum absolute atomic E-state index is 12.9. The fourth-order valence-electron chi connectivity index (χ4n) is 3.18. The molecule has 4 rings (SSSR count). The Bertz CT molecular complexity index is 975. The van der Waals surface area contributed by atoms with Crippen LogP contribution < -0.4 is 4.90 Å². The minimum atomic E-state index is -0.733. The van der Waals surface area contributed by atoms with E-state index < -0.39 is 23.5 Å². The Morgan fingerprint density at radius 3 is 2.19 bits per heavy atom. The van der Waals surface area contributed by atoms with Crippen molar-refractivity contribution in [1.29, 1.82) is 0 Å². The molecular formula is C21H15NO4. The van der Waals surface area contributed by atoms with E-state index in [-0.39, 0.29) is 11.3 Å². The molecule has 3 aromatic rings. The molecule has 1 amide bonds. The standard InChI is InChI=1S/C21H15NO4/c23-19(16-12-7-13-26-16)17-18(14-8-3-1-4-9-14)22(21(25)20(17)24)15-10-5-2-6-11-15/h1-13,18,24H. The first-order chi connectivity index (χ1) is 12.7. The van der Waals surface area contributed by atoms with Gasteiger partial charge in [-0.1, -0.05) is 48.5 Å². The maximum Gasteiger partial charge on any atom is 0.294 e. The van der Waals surface area contributed by atoms with Gasteiger partial charge >= 0.3 is 0 Å². The highest BCUT2D eigenvalue weighted by Gasteiger charge is 2.45. The summed E-state index contributed by atoms with van der Waals surface area (Å²) in [4.78, 5) is 27.2. The van der Waals surface area contributed by atoms with Crippen LogP contribution in [0.1, 0.15) is 22.2 Å². The van der Waals surface area contributed by atoms with E-state index in [0.717, 1.165) is 5.56 Å². The van der Waals surface area contributed by atoms with Gasteiger partial charge in [-0.25, -0.2) is 0 Å². The van der Waals surface area contributed by atoms with Crippen LogP contribution in [-0.2, 0) is 4.79 Å². The van der Waals surface area contributed by atoms with Crippen LogP contribution in [0, 0.1) is 0 Å². The SMILES string of the molecule is O=C(C1=C(O)C(=O)N(c2ccccc2)C1c1ccccc1)c1ccco1. The van der Waals surface area contributed by atoms with Crippen LogP contribution in [0.15, 0.2) is 94.8 Å². The molecule has 26 heavy (non-hydrogen) atoms. The molecule has 0 bridgehead atoms. The van der Waals surface area contributed by atoms with Gasteiger partial charge in [-0.3, -0.25) is 14.5 Å². The second-order valence-corrected chi connectivity index (χ2v) is 5.89. The number of carbonyl (C=O) groups excluding carboxylic acids is 2. The molecule has 2 aromatic carbocycles. The van der Waals surface area contributed by atoms with Crippen LogP contribution in [-0.4, -0.2) is 16.8 Å². The van der Waals surface area contributed by atoms with Crippen molar-refractivity contribution in [3.05, 3.63) is 102 Å². The number of aliphatic hydroxyl groups excluding tert-OH is 1. The van der Waals surface area contributed by atoms with Gasteiger partial charge in [-0.15, -0.1) is 0 Å². The molecule has 5 heteroatoms. The van der Waals surface area contributed by atoms with Crippen molar-refractivity contribution < 1.29 is 19.1 Å².